The maximum Gasteiger partial charge on any atom is 0.326 e. The van der Waals surface area contributed by atoms with E-state index in [1.165, 1.54) is 12.1 Å². The molecule has 0 aliphatic carbocycles. The highest BCUT2D eigenvalue weighted by molar-refractivity contribution is 7.89. The first-order valence-corrected chi connectivity index (χ1v) is 13.8. The van der Waals surface area contributed by atoms with E-state index in [1.54, 1.807) is 24.0 Å². The van der Waals surface area contributed by atoms with E-state index in [1.807, 2.05) is 27.7 Å². The zero-order valence-electron chi connectivity index (χ0n) is 21.3. The molecule has 0 aromatic heterocycles. The van der Waals surface area contributed by atoms with Crippen LogP contribution >= 0.6 is 0 Å². The summed E-state index contributed by atoms with van der Waals surface area (Å²) < 4.78 is 28.5. The number of hydrogen-bond donors (Lipinski definition) is 3. The smallest absolute Gasteiger partial charge is 0.326 e. The summed E-state index contributed by atoms with van der Waals surface area (Å²) in [5.41, 5.74) is 0.934. The fraction of sp³-hybridized carbons (Fsp3) is 0.640. The molecular formula is C25H39N3O6S. The lowest BCUT2D eigenvalue weighted by Crippen LogP contribution is -2.54. The Bertz CT molecular complexity index is 987. The van der Waals surface area contributed by atoms with Crippen LogP contribution in [0.2, 0.25) is 0 Å². The van der Waals surface area contributed by atoms with Crippen LogP contribution in [0, 0.1) is 24.7 Å². The minimum absolute atomic E-state index is 0.105. The van der Waals surface area contributed by atoms with E-state index in [2.05, 4.69) is 10.0 Å². The summed E-state index contributed by atoms with van der Waals surface area (Å²) in [4.78, 5) is 39.3. The number of carboxylic acid groups (broad SMARTS) is 1. The fourth-order valence-corrected chi connectivity index (χ4v) is 5.41. The molecule has 35 heavy (non-hydrogen) atoms. The lowest BCUT2D eigenvalue weighted by Gasteiger charge is -2.35. The molecule has 1 aromatic rings. The molecule has 1 heterocycles. The van der Waals surface area contributed by atoms with E-state index < -0.39 is 34.0 Å². The van der Waals surface area contributed by atoms with Crippen LogP contribution < -0.4 is 10.0 Å². The molecule has 2 rings (SSSR count). The van der Waals surface area contributed by atoms with Crippen LogP contribution in [0.15, 0.2) is 29.2 Å². The van der Waals surface area contributed by atoms with Crippen molar-refractivity contribution in [3.63, 3.8) is 0 Å². The van der Waals surface area contributed by atoms with E-state index in [0.29, 0.717) is 38.8 Å². The van der Waals surface area contributed by atoms with Gasteiger partial charge in [-0.3, -0.25) is 9.59 Å². The summed E-state index contributed by atoms with van der Waals surface area (Å²) in [6, 6.07) is 4.59. The normalized spacial score (nSPS) is 18.4. The number of nitrogens with one attached hydrogen (secondary N) is 2. The van der Waals surface area contributed by atoms with E-state index in [0.717, 1.165) is 5.56 Å². The van der Waals surface area contributed by atoms with Crippen molar-refractivity contribution in [1.29, 1.82) is 0 Å². The van der Waals surface area contributed by atoms with Crippen LogP contribution in [0.1, 0.15) is 58.9 Å². The van der Waals surface area contributed by atoms with E-state index in [-0.39, 0.29) is 28.5 Å². The van der Waals surface area contributed by atoms with Gasteiger partial charge in [0.15, 0.2) is 0 Å². The fourth-order valence-electron chi connectivity index (χ4n) is 4.11. The van der Waals surface area contributed by atoms with E-state index in [4.69, 9.17) is 0 Å². The predicted molar refractivity (Wildman–Crippen MR) is 133 cm³/mol. The van der Waals surface area contributed by atoms with Gasteiger partial charge in [0.25, 0.3) is 0 Å². The first-order valence-electron chi connectivity index (χ1n) is 12.3. The molecule has 3 N–H and O–H groups in total. The average molecular weight is 510 g/mol. The molecule has 0 spiro atoms. The molecule has 9 nitrogen and oxygen atoms in total. The van der Waals surface area contributed by atoms with Crippen LogP contribution in [0.4, 0.5) is 0 Å². The highest BCUT2D eigenvalue weighted by Crippen LogP contribution is 2.22. The monoisotopic (exact) mass is 509 g/mol. The summed E-state index contributed by atoms with van der Waals surface area (Å²) in [7, 11) is -3.89. The Kier molecular flexibility index (Phi) is 10.3. The number of carbonyl (C=O) groups excluding carboxylic acids is 2. The van der Waals surface area contributed by atoms with Gasteiger partial charge >= 0.3 is 5.97 Å². The number of piperidine rings is 1. The van der Waals surface area contributed by atoms with Crippen molar-refractivity contribution < 1.29 is 27.9 Å². The highest BCUT2D eigenvalue weighted by Gasteiger charge is 2.36. The molecule has 2 amide bonds. The Labute approximate surface area is 208 Å². The Hall–Kier alpha value is -2.46. The summed E-state index contributed by atoms with van der Waals surface area (Å²) in [6.07, 6.45) is 2.02. The van der Waals surface area contributed by atoms with Crippen LogP contribution in [-0.4, -0.2) is 61.4 Å². The summed E-state index contributed by atoms with van der Waals surface area (Å²) >= 11 is 0. The van der Waals surface area contributed by atoms with E-state index >= 15 is 0 Å². The standard InChI is InChI=1S/C25H39N3O6S/c1-6-17(4)21(27-35(33,34)20-10-8-16(3)9-11-20)24(30)28-14-12-19(13-15-28)23(29)26-22(25(31)32)18(5)7-2/h8-11,17-19,21-22,27H,6-7,12-15H2,1-5H3,(H,26,29)(H,31,32)/t17-,18+,21-,22-/m0/s1. The molecule has 0 saturated carbocycles. The number of carbonyl (C=O) groups is 3. The second-order valence-electron chi connectivity index (χ2n) is 9.61. The first-order chi connectivity index (χ1) is 16.4. The number of likely N-dealkylation sites (tertiary alicyclic amines) is 1. The minimum Gasteiger partial charge on any atom is -0.480 e. The van der Waals surface area contributed by atoms with Crippen LogP contribution in [0.3, 0.4) is 0 Å². The number of aryl methyl sites for hydroxylation is 1. The molecule has 4 atom stereocenters. The van der Waals surface area contributed by atoms with Gasteiger partial charge in [0.2, 0.25) is 21.8 Å². The molecule has 1 aliphatic heterocycles. The maximum atomic E-state index is 13.4. The molecule has 0 radical (unpaired) electrons. The van der Waals surface area contributed by atoms with Gasteiger partial charge in [-0.25, -0.2) is 13.2 Å². The summed E-state index contributed by atoms with van der Waals surface area (Å²) in [5, 5.41) is 12.1. The molecule has 1 saturated heterocycles. The predicted octanol–water partition coefficient (Wildman–Crippen LogP) is 2.54. The molecule has 0 bridgehead atoms. The second kappa shape index (κ2) is 12.5. The van der Waals surface area contributed by atoms with Crippen molar-refractivity contribution in [3.8, 4) is 0 Å². The van der Waals surface area contributed by atoms with Gasteiger partial charge in [-0.2, -0.15) is 4.72 Å². The molecule has 10 heteroatoms. The van der Waals surface area contributed by atoms with Gasteiger partial charge in [0.05, 0.1) is 4.90 Å². The average Bonchev–Trinajstić information content (AvgIpc) is 2.84. The van der Waals surface area contributed by atoms with Crippen molar-refractivity contribution in [3.05, 3.63) is 29.8 Å². The minimum atomic E-state index is -3.89. The Morgan fingerprint density at radius 3 is 2.00 bits per heavy atom. The zero-order chi connectivity index (χ0) is 26.3. The Balaban J connectivity index is 2.06. The second-order valence-corrected chi connectivity index (χ2v) is 11.3. The maximum absolute atomic E-state index is 13.4. The van der Waals surface area contributed by atoms with Crippen molar-refractivity contribution in [1.82, 2.24) is 14.9 Å². The number of sulfonamides is 1. The SMILES string of the molecule is CC[C@@H](C)[C@H](NC(=O)C1CCN(C(=O)[C@@H](NS(=O)(=O)c2ccc(C)cc2)[C@@H](C)CC)CC1)C(=O)O. The number of hydrogen-bond acceptors (Lipinski definition) is 5. The first kappa shape index (κ1) is 28.8. The topological polar surface area (TPSA) is 133 Å². The molecule has 1 aliphatic rings. The third-order valence-corrected chi connectivity index (χ3v) is 8.50. The zero-order valence-corrected chi connectivity index (χ0v) is 22.1. The van der Waals surface area contributed by atoms with Gasteiger partial charge in [-0.05, 0) is 43.7 Å². The van der Waals surface area contributed by atoms with Crippen molar-refractivity contribution in [2.45, 2.75) is 77.3 Å². The molecular weight excluding hydrogens is 470 g/mol. The Morgan fingerprint density at radius 2 is 1.51 bits per heavy atom. The third kappa shape index (κ3) is 7.51. The number of rotatable bonds is 11. The third-order valence-electron chi connectivity index (χ3n) is 7.05. The summed E-state index contributed by atoms with van der Waals surface area (Å²) in [5.74, 6) is -2.50. The number of benzene rings is 1. The molecule has 0 unspecified atom stereocenters. The number of carboxylic acids is 1. The molecule has 196 valence electrons. The van der Waals surface area contributed by atoms with Gasteiger partial charge in [-0.1, -0.05) is 58.2 Å². The van der Waals surface area contributed by atoms with Crippen molar-refractivity contribution >= 4 is 27.8 Å². The van der Waals surface area contributed by atoms with Gasteiger partial charge in [0, 0.05) is 19.0 Å². The highest BCUT2D eigenvalue weighted by atomic mass is 32.2. The molecule has 1 fully saturated rings. The number of aliphatic carboxylic acids is 1. The summed E-state index contributed by atoms with van der Waals surface area (Å²) in [6.45, 7) is 9.86. The van der Waals surface area contributed by atoms with Crippen LogP contribution in [0.25, 0.3) is 0 Å². The van der Waals surface area contributed by atoms with Crippen molar-refractivity contribution in [2.75, 3.05) is 13.1 Å². The molecule has 1 aromatic carbocycles. The number of nitrogens with zero attached hydrogens (tertiary/aromatic N) is 1. The van der Waals surface area contributed by atoms with Gasteiger partial charge < -0.3 is 15.3 Å². The Morgan fingerprint density at radius 1 is 1.00 bits per heavy atom. The van der Waals surface area contributed by atoms with Crippen LogP contribution in [0.5, 0.6) is 0 Å². The van der Waals surface area contributed by atoms with Gasteiger partial charge in [-0.15, -0.1) is 0 Å². The van der Waals surface area contributed by atoms with Crippen molar-refractivity contribution in [2.24, 2.45) is 17.8 Å². The largest absolute Gasteiger partial charge is 0.480 e. The lowest BCUT2D eigenvalue weighted by molar-refractivity contribution is -0.144. The van der Waals surface area contributed by atoms with Crippen LogP contribution in [-0.2, 0) is 24.4 Å². The lowest BCUT2D eigenvalue weighted by atomic mass is 9.92. The van der Waals surface area contributed by atoms with Gasteiger partial charge in [0.1, 0.15) is 12.1 Å². The quantitative estimate of drug-likeness (QED) is 0.420. The number of amides is 2. The van der Waals surface area contributed by atoms with E-state index in [9.17, 15) is 27.9 Å².